The van der Waals surface area contributed by atoms with Crippen molar-refractivity contribution < 1.29 is 15.3 Å². The Morgan fingerprint density at radius 3 is 2.66 bits per heavy atom. The van der Waals surface area contributed by atoms with Crippen LogP contribution in [0, 0.1) is 23.2 Å². The fourth-order valence-electron chi connectivity index (χ4n) is 8.21. The molecule has 0 aliphatic heterocycles. The second-order valence-electron chi connectivity index (χ2n) is 13.2. The highest BCUT2D eigenvalue weighted by Gasteiger charge is 2.52. The average Bonchev–Trinajstić information content (AvgIpc) is 3.42. The first-order valence-corrected chi connectivity index (χ1v) is 15.2. The van der Waals surface area contributed by atoms with E-state index in [-0.39, 0.29) is 10.8 Å². The summed E-state index contributed by atoms with van der Waals surface area (Å²) in [4.78, 5) is 3.59. The molecule has 0 spiro atoms. The second-order valence-corrected chi connectivity index (χ2v) is 13.2. The van der Waals surface area contributed by atoms with E-state index < -0.39 is 18.3 Å². The van der Waals surface area contributed by atoms with E-state index in [9.17, 15) is 15.3 Å². The predicted octanol–water partition coefficient (Wildman–Crippen LogP) is 6.69. The summed E-state index contributed by atoms with van der Waals surface area (Å²) in [5.74, 6) is 1.62. The molecule has 38 heavy (non-hydrogen) atoms. The molecule has 1 heterocycles. The average molecular weight is 520 g/mol. The quantitative estimate of drug-likeness (QED) is 0.289. The van der Waals surface area contributed by atoms with Crippen LogP contribution in [0.2, 0.25) is 0 Å². The molecule has 4 aliphatic carbocycles. The first-order chi connectivity index (χ1) is 18.2. The van der Waals surface area contributed by atoms with Gasteiger partial charge in [0.05, 0.1) is 18.3 Å². The second kappa shape index (κ2) is 10.9. The Balaban J connectivity index is 1.27. The van der Waals surface area contributed by atoms with E-state index in [1.165, 1.54) is 42.6 Å². The normalized spacial score (nSPS) is 36.6. The van der Waals surface area contributed by atoms with Crippen LogP contribution in [0.3, 0.4) is 0 Å². The van der Waals surface area contributed by atoms with Gasteiger partial charge in [-0.1, -0.05) is 63.6 Å². The van der Waals surface area contributed by atoms with Crippen LogP contribution in [0.5, 0.6) is 0 Å². The highest BCUT2D eigenvalue weighted by atomic mass is 16.3. The molecule has 4 N–H and O–H groups in total. The van der Waals surface area contributed by atoms with Crippen molar-refractivity contribution in [1.29, 1.82) is 0 Å². The Bertz CT molecular complexity index is 1100. The summed E-state index contributed by atoms with van der Waals surface area (Å²) >= 11 is 0. The smallest absolute Gasteiger partial charge is 0.0831 e. The van der Waals surface area contributed by atoms with E-state index in [1.807, 2.05) is 0 Å². The van der Waals surface area contributed by atoms with Crippen molar-refractivity contribution in [2.45, 2.75) is 115 Å². The minimum absolute atomic E-state index is 0.122. The van der Waals surface area contributed by atoms with Gasteiger partial charge in [-0.3, -0.25) is 0 Å². The lowest BCUT2D eigenvalue weighted by Crippen LogP contribution is -2.35. The maximum absolute atomic E-state index is 11.2. The summed E-state index contributed by atoms with van der Waals surface area (Å²) in [6, 6.07) is 4.38. The number of aliphatic hydroxyl groups excluding tert-OH is 3. The number of hydrogen-bond donors (Lipinski definition) is 4. The van der Waals surface area contributed by atoms with E-state index >= 15 is 0 Å². The molecule has 0 aromatic carbocycles. The minimum Gasteiger partial charge on any atom is -0.393 e. The lowest BCUT2D eigenvalue weighted by Gasteiger charge is -2.44. The lowest BCUT2D eigenvalue weighted by molar-refractivity contribution is 0.0862. The third-order valence-electron chi connectivity index (χ3n) is 10.7. The van der Waals surface area contributed by atoms with Gasteiger partial charge in [0.1, 0.15) is 0 Å². The molecule has 0 unspecified atom stereocenters. The van der Waals surface area contributed by atoms with Crippen LogP contribution < -0.4 is 0 Å². The number of allylic oxidation sites excluding steroid dienone is 4. The zero-order chi connectivity index (χ0) is 27.1. The molecule has 7 atom stereocenters. The van der Waals surface area contributed by atoms with E-state index in [0.717, 1.165) is 43.3 Å². The third kappa shape index (κ3) is 5.17. The number of hydrogen-bond acceptors (Lipinski definition) is 3. The van der Waals surface area contributed by atoms with E-state index in [4.69, 9.17) is 0 Å². The van der Waals surface area contributed by atoms with Crippen molar-refractivity contribution >= 4 is 0 Å². The molecule has 208 valence electrons. The number of aryl methyl sites for hydroxylation is 1. The van der Waals surface area contributed by atoms with Crippen molar-refractivity contribution in [3.05, 3.63) is 71.1 Å². The first-order valence-electron chi connectivity index (χ1n) is 15.2. The Morgan fingerprint density at radius 1 is 1.13 bits per heavy atom. The Kier molecular flexibility index (Phi) is 7.97. The molecule has 4 heteroatoms. The van der Waals surface area contributed by atoms with Crippen LogP contribution in [0.1, 0.15) is 96.4 Å². The van der Waals surface area contributed by atoms with Gasteiger partial charge in [0, 0.05) is 23.2 Å². The maximum atomic E-state index is 11.2. The number of fused-ring (bicyclic) bond motifs is 1. The van der Waals surface area contributed by atoms with Gasteiger partial charge in [-0.25, -0.2) is 0 Å². The van der Waals surface area contributed by atoms with Gasteiger partial charge in [0.15, 0.2) is 0 Å². The van der Waals surface area contributed by atoms with Gasteiger partial charge in [0.2, 0.25) is 0 Å². The molecule has 4 fully saturated rings. The fourth-order valence-corrected chi connectivity index (χ4v) is 8.21. The highest BCUT2D eigenvalue weighted by Crippen LogP contribution is 2.60. The topological polar surface area (TPSA) is 76.5 Å². The number of H-pyrrole nitrogens is 1. The Morgan fingerprint density at radius 2 is 1.92 bits per heavy atom. The summed E-state index contributed by atoms with van der Waals surface area (Å²) in [5.41, 5.74) is 5.92. The molecule has 4 nitrogen and oxygen atoms in total. The zero-order valence-corrected chi connectivity index (χ0v) is 23.8. The van der Waals surface area contributed by atoms with Crippen molar-refractivity contribution in [1.82, 2.24) is 4.98 Å². The maximum Gasteiger partial charge on any atom is 0.0831 e. The lowest BCUT2D eigenvalue weighted by atomic mass is 9.61. The monoisotopic (exact) mass is 519 g/mol. The van der Waals surface area contributed by atoms with Crippen LogP contribution in [-0.4, -0.2) is 38.6 Å². The highest BCUT2D eigenvalue weighted by molar-refractivity contribution is 5.39. The number of rotatable bonds is 8. The van der Waals surface area contributed by atoms with E-state index in [2.05, 4.69) is 68.8 Å². The van der Waals surface area contributed by atoms with Crippen molar-refractivity contribution in [2.24, 2.45) is 23.2 Å². The molecule has 1 aromatic rings. The van der Waals surface area contributed by atoms with Crippen LogP contribution in [0.4, 0.5) is 0 Å². The van der Waals surface area contributed by atoms with Gasteiger partial charge in [0.25, 0.3) is 0 Å². The third-order valence-corrected chi connectivity index (χ3v) is 10.7. The van der Waals surface area contributed by atoms with Crippen LogP contribution in [-0.2, 0) is 11.8 Å². The molecule has 0 saturated heterocycles. The van der Waals surface area contributed by atoms with E-state index in [0.29, 0.717) is 30.6 Å². The largest absolute Gasteiger partial charge is 0.393 e. The summed E-state index contributed by atoms with van der Waals surface area (Å²) in [6.45, 7) is 11.1. The molecular formula is C34H49NO3. The first kappa shape index (κ1) is 27.7. The summed E-state index contributed by atoms with van der Waals surface area (Å²) in [7, 11) is 0. The van der Waals surface area contributed by atoms with E-state index in [1.54, 1.807) is 0 Å². The van der Waals surface area contributed by atoms with Crippen molar-refractivity contribution in [3.63, 3.8) is 0 Å². The Hall–Kier alpha value is -1.88. The molecular weight excluding hydrogens is 470 g/mol. The van der Waals surface area contributed by atoms with Crippen molar-refractivity contribution in [2.75, 3.05) is 0 Å². The van der Waals surface area contributed by atoms with Crippen molar-refractivity contribution in [3.8, 4) is 0 Å². The van der Waals surface area contributed by atoms with Crippen LogP contribution in [0.15, 0.2) is 59.7 Å². The summed E-state index contributed by atoms with van der Waals surface area (Å²) < 4.78 is 0. The van der Waals surface area contributed by atoms with Gasteiger partial charge >= 0.3 is 0 Å². The van der Waals surface area contributed by atoms with Gasteiger partial charge < -0.3 is 20.3 Å². The number of aliphatic hydroxyl groups is 3. The number of nitrogens with one attached hydrogen (secondary N) is 1. The summed E-state index contributed by atoms with van der Waals surface area (Å²) in [5, 5.41) is 31.6. The molecule has 0 radical (unpaired) electrons. The molecule has 5 rings (SSSR count). The van der Waals surface area contributed by atoms with Gasteiger partial charge in [-0.15, -0.1) is 0 Å². The van der Waals surface area contributed by atoms with Gasteiger partial charge in [-0.2, -0.15) is 0 Å². The Labute approximate surface area is 229 Å². The molecule has 4 aliphatic rings. The standard InChI is InChI=1S/C34H49NO3/c1-5-7-26-12-15-31(35-26)34(18-19-34)32(38)16-9-22(2)28-13-14-29-24(8-6-17-33(28,29)4)10-11-25-20-27(36)21-30(37)23(25)3/h9-12,15-16,22,27-30,32,35-38H,3,5-8,13-14,17-21H2,1-2,4H3/b16-9+,24-10+,25-11-/t22-,27-,28-,29+,30+,32-,33-/m1/s1. The van der Waals surface area contributed by atoms with Gasteiger partial charge in [-0.05, 0) is 104 Å². The minimum atomic E-state index is -0.635. The molecule has 1 aromatic heterocycles. The molecule has 0 bridgehead atoms. The number of aromatic amines is 1. The number of aromatic nitrogens is 1. The molecule has 4 saturated carbocycles. The predicted molar refractivity (Wildman–Crippen MR) is 155 cm³/mol. The SMILES string of the molecule is C=C1/C(=C\C=C2/CCC[C@]3(C)[C@@H]([C@H](C)/C=C/[C@@H](O)C4(c5ccc(CCC)[nH]5)CC4)CC[C@@H]23)C[C@@H](O)C[C@@H]1O. The summed E-state index contributed by atoms with van der Waals surface area (Å²) in [6.07, 6.45) is 18.6. The zero-order valence-electron chi connectivity index (χ0n) is 23.8. The van der Waals surface area contributed by atoms with Crippen LogP contribution >= 0.6 is 0 Å². The molecule has 0 amide bonds. The van der Waals surface area contributed by atoms with Crippen LogP contribution in [0.25, 0.3) is 0 Å². The fraction of sp³-hybridized carbons (Fsp3) is 0.647.